The van der Waals surface area contributed by atoms with E-state index < -0.39 is 0 Å². The lowest BCUT2D eigenvalue weighted by Gasteiger charge is -2.29. The van der Waals surface area contributed by atoms with E-state index in [2.05, 4.69) is 39.5 Å². The number of nitrogens with zero attached hydrogens (tertiary/aromatic N) is 2. The number of pyridine rings is 1. The minimum Gasteiger partial charge on any atom is -0.393 e. The van der Waals surface area contributed by atoms with Crippen molar-refractivity contribution in [1.29, 1.82) is 0 Å². The first-order chi connectivity index (χ1) is 15.2. The summed E-state index contributed by atoms with van der Waals surface area (Å²) in [6, 6.07) is 21.8. The molecule has 1 saturated heterocycles. The minimum atomic E-state index is -0.141. The van der Waals surface area contributed by atoms with Crippen molar-refractivity contribution in [3.63, 3.8) is 0 Å². The summed E-state index contributed by atoms with van der Waals surface area (Å²) >= 11 is 1.57. The third-order valence-electron chi connectivity index (χ3n) is 5.42. The fraction of sp³-hybridized carbons (Fsp3) is 0.280. The SMILES string of the molecule is O=C(NCc1ccc(CN2CCC(O)CC2)cc1)c1ccc(Sc2ccccn2)cc1. The van der Waals surface area contributed by atoms with E-state index in [0.717, 1.165) is 48.0 Å². The number of carbonyl (C=O) groups is 1. The summed E-state index contributed by atoms with van der Waals surface area (Å²) in [6.45, 7) is 3.29. The third-order valence-corrected chi connectivity index (χ3v) is 6.37. The molecule has 1 aliphatic rings. The van der Waals surface area contributed by atoms with Crippen LogP contribution in [0.5, 0.6) is 0 Å². The van der Waals surface area contributed by atoms with Crippen LogP contribution >= 0.6 is 11.8 Å². The number of aliphatic hydroxyl groups is 1. The lowest BCUT2D eigenvalue weighted by molar-refractivity contribution is 0.0792. The van der Waals surface area contributed by atoms with Gasteiger partial charge >= 0.3 is 0 Å². The van der Waals surface area contributed by atoms with E-state index in [4.69, 9.17) is 0 Å². The molecule has 1 fully saturated rings. The number of piperidine rings is 1. The van der Waals surface area contributed by atoms with Gasteiger partial charge in [-0.1, -0.05) is 42.1 Å². The molecular weight excluding hydrogens is 406 g/mol. The van der Waals surface area contributed by atoms with Gasteiger partial charge in [0.1, 0.15) is 5.03 Å². The largest absolute Gasteiger partial charge is 0.393 e. The first-order valence-electron chi connectivity index (χ1n) is 10.6. The monoisotopic (exact) mass is 433 g/mol. The molecule has 2 heterocycles. The van der Waals surface area contributed by atoms with Crippen LogP contribution in [0.15, 0.2) is 82.8 Å². The molecule has 160 valence electrons. The molecule has 2 aromatic carbocycles. The van der Waals surface area contributed by atoms with Gasteiger partial charge < -0.3 is 10.4 Å². The molecule has 0 unspecified atom stereocenters. The van der Waals surface area contributed by atoms with Crippen molar-refractivity contribution >= 4 is 17.7 Å². The van der Waals surface area contributed by atoms with E-state index >= 15 is 0 Å². The van der Waals surface area contributed by atoms with Gasteiger partial charge in [0.05, 0.1) is 6.10 Å². The summed E-state index contributed by atoms with van der Waals surface area (Å²) in [5.41, 5.74) is 2.98. The first kappa shape index (κ1) is 21.6. The Hall–Kier alpha value is -2.67. The molecule has 0 saturated carbocycles. The molecule has 2 N–H and O–H groups in total. The predicted molar refractivity (Wildman–Crippen MR) is 123 cm³/mol. The van der Waals surface area contributed by atoms with Crippen LogP contribution in [0.2, 0.25) is 0 Å². The van der Waals surface area contributed by atoms with E-state index in [0.29, 0.717) is 12.1 Å². The van der Waals surface area contributed by atoms with Crippen LogP contribution < -0.4 is 5.32 Å². The van der Waals surface area contributed by atoms with Crippen LogP contribution in [0.4, 0.5) is 0 Å². The molecule has 1 aliphatic heterocycles. The third kappa shape index (κ3) is 6.40. The zero-order valence-electron chi connectivity index (χ0n) is 17.4. The van der Waals surface area contributed by atoms with Crippen LogP contribution in [-0.2, 0) is 13.1 Å². The Bertz CT molecular complexity index is 970. The quantitative estimate of drug-likeness (QED) is 0.587. The fourth-order valence-corrected chi connectivity index (χ4v) is 4.36. The molecule has 0 aliphatic carbocycles. The van der Waals surface area contributed by atoms with Crippen LogP contribution in [-0.4, -0.2) is 40.1 Å². The minimum absolute atomic E-state index is 0.0784. The highest BCUT2D eigenvalue weighted by Gasteiger charge is 2.16. The summed E-state index contributed by atoms with van der Waals surface area (Å²) in [4.78, 5) is 20.2. The van der Waals surface area contributed by atoms with E-state index in [-0.39, 0.29) is 12.0 Å². The van der Waals surface area contributed by atoms with Gasteiger partial charge in [0.25, 0.3) is 5.91 Å². The van der Waals surface area contributed by atoms with Gasteiger partial charge in [-0.15, -0.1) is 0 Å². The Labute approximate surface area is 187 Å². The van der Waals surface area contributed by atoms with Gasteiger partial charge in [0, 0.05) is 42.8 Å². The maximum absolute atomic E-state index is 12.5. The average Bonchev–Trinajstić information content (AvgIpc) is 2.81. The molecule has 1 amide bonds. The maximum Gasteiger partial charge on any atom is 0.251 e. The van der Waals surface area contributed by atoms with E-state index in [1.807, 2.05) is 42.5 Å². The fourth-order valence-electron chi connectivity index (χ4n) is 3.59. The topological polar surface area (TPSA) is 65.5 Å². The molecule has 0 bridgehead atoms. The highest BCUT2D eigenvalue weighted by atomic mass is 32.2. The Morgan fingerprint density at radius 1 is 1.00 bits per heavy atom. The first-order valence-corrected chi connectivity index (χ1v) is 11.4. The summed E-state index contributed by atoms with van der Waals surface area (Å²) < 4.78 is 0. The lowest BCUT2D eigenvalue weighted by atomic mass is 10.1. The van der Waals surface area contributed by atoms with Crippen LogP contribution in [0.3, 0.4) is 0 Å². The van der Waals surface area contributed by atoms with Crippen molar-refractivity contribution in [3.8, 4) is 0 Å². The number of benzene rings is 2. The van der Waals surface area contributed by atoms with Crippen molar-refractivity contribution in [1.82, 2.24) is 15.2 Å². The molecular formula is C25H27N3O2S. The van der Waals surface area contributed by atoms with E-state index in [1.54, 1.807) is 18.0 Å². The normalized spacial score (nSPS) is 15.0. The number of rotatable bonds is 7. The Balaban J connectivity index is 1.25. The second-order valence-electron chi connectivity index (χ2n) is 7.80. The lowest BCUT2D eigenvalue weighted by Crippen LogP contribution is -2.35. The Kier molecular flexibility index (Phi) is 7.35. The number of carbonyl (C=O) groups excluding carboxylic acids is 1. The molecule has 1 aromatic heterocycles. The van der Waals surface area contributed by atoms with Crippen LogP contribution in [0.1, 0.15) is 34.3 Å². The van der Waals surface area contributed by atoms with Gasteiger partial charge in [-0.2, -0.15) is 0 Å². The molecule has 0 spiro atoms. The number of nitrogens with one attached hydrogen (secondary N) is 1. The summed E-state index contributed by atoms with van der Waals surface area (Å²) in [5, 5.41) is 13.5. The van der Waals surface area contributed by atoms with Gasteiger partial charge in [0.2, 0.25) is 0 Å². The summed E-state index contributed by atoms with van der Waals surface area (Å²) in [5.74, 6) is -0.0784. The molecule has 0 radical (unpaired) electrons. The molecule has 0 atom stereocenters. The van der Waals surface area contributed by atoms with Crippen molar-refractivity contribution in [2.75, 3.05) is 13.1 Å². The molecule has 31 heavy (non-hydrogen) atoms. The molecule has 4 rings (SSSR count). The summed E-state index contributed by atoms with van der Waals surface area (Å²) in [6.07, 6.45) is 3.34. The number of hydrogen-bond acceptors (Lipinski definition) is 5. The van der Waals surface area contributed by atoms with Crippen molar-refractivity contribution < 1.29 is 9.90 Å². The van der Waals surface area contributed by atoms with Gasteiger partial charge in [0.15, 0.2) is 0 Å². The zero-order valence-corrected chi connectivity index (χ0v) is 18.2. The zero-order chi connectivity index (χ0) is 21.5. The van der Waals surface area contributed by atoms with Crippen molar-refractivity contribution in [2.45, 2.75) is 42.0 Å². The number of amides is 1. The van der Waals surface area contributed by atoms with Gasteiger partial charge in [-0.05, 0) is 60.4 Å². The van der Waals surface area contributed by atoms with Gasteiger partial charge in [-0.25, -0.2) is 4.98 Å². The number of aliphatic hydroxyl groups excluding tert-OH is 1. The smallest absolute Gasteiger partial charge is 0.251 e. The summed E-state index contributed by atoms with van der Waals surface area (Å²) in [7, 11) is 0. The number of aromatic nitrogens is 1. The maximum atomic E-state index is 12.5. The highest BCUT2D eigenvalue weighted by molar-refractivity contribution is 7.99. The van der Waals surface area contributed by atoms with Gasteiger partial charge in [-0.3, -0.25) is 9.69 Å². The standard InChI is InChI=1S/C25H27N3O2S/c29-22-12-15-28(16-13-22)18-20-6-4-19(5-7-20)17-27-25(30)21-8-10-23(11-9-21)31-24-3-1-2-14-26-24/h1-11,14,22,29H,12-13,15-18H2,(H,27,30). The van der Waals surface area contributed by atoms with Crippen molar-refractivity contribution in [3.05, 3.63) is 89.6 Å². The Morgan fingerprint density at radius 3 is 2.39 bits per heavy atom. The molecule has 3 aromatic rings. The number of likely N-dealkylation sites (tertiary alicyclic amines) is 1. The number of hydrogen-bond donors (Lipinski definition) is 2. The van der Waals surface area contributed by atoms with Crippen LogP contribution in [0, 0.1) is 0 Å². The second-order valence-corrected chi connectivity index (χ2v) is 8.89. The van der Waals surface area contributed by atoms with E-state index in [1.165, 1.54) is 5.56 Å². The predicted octanol–water partition coefficient (Wildman–Crippen LogP) is 4.12. The second kappa shape index (κ2) is 10.6. The van der Waals surface area contributed by atoms with Crippen LogP contribution in [0.25, 0.3) is 0 Å². The van der Waals surface area contributed by atoms with Crippen molar-refractivity contribution in [2.24, 2.45) is 0 Å². The average molecular weight is 434 g/mol. The molecule has 5 nitrogen and oxygen atoms in total. The molecule has 6 heteroatoms. The highest BCUT2D eigenvalue weighted by Crippen LogP contribution is 2.25. The Morgan fingerprint density at radius 2 is 1.71 bits per heavy atom. The van der Waals surface area contributed by atoms with E-state index in [9.17, 15) is 9.90 Å².